The fraction of sp³-hybridized carbons (Fsp3) is 0.583. The first-order chi connectivity index (χ1) is 8.95. The zero-order valence-electron chi connectivity index (χ0n) is 11.2. The van der Waals surface area contributed by atoms with Gasteiger partial charge in [0.05, 0.1) is 6.04 Å². The van der Waals surface area contributed by atoms with E-state index in [9.17, 15) is 9.59 Å². The van der Waals surface area contributed by atoms with E-state index in [-0.39, 0.29) is 12.0 Å². The van der Waals surface area contributed by atoms with Crippen LogP contribution >= 0.6 is 11.3 Å². The number of aromatic nitrogens is 1. The van der Waals surface area contributed by atoms with Crippen molar-refractivity contribution in [2.75, 3.05) is 0 Å². The second-order valence-electron chi connectivity index (χ2n) is 4.51. The second kappa shape index (κ2) is 7.08. The van der Waals surface area contributed by atoms with Crippen LogP contribution in [-0.4, -0.2) is 28.1 Å². The van der Waals surface area contributed by atoms with Crippen molar-refractivity contribution in [3.05, 3.63) is 16.6 Å². The number of carbonyl (C=O) groups is 2. The zero-order chi connectivity index (χ0) is 14.4. The number of thiazole rings is 1. The Hall–Kier alpha value is -1.63. The van der Waals surface area contributed by atoms with Crippen LogP contribution in [0.15, 0.2) is 11.6 Å². The van der Waals surface area contributed by atoms with Gasteiger partial charge in [-0.15, -0.1) is 11.3 Å². The fourth-order valence-corrected chi connectivity index (χ4v) is 2.37. The van der Waals surface area contributed by atoms with Crippen molar-refractivity contribution in [2.24, 2.45) is 5.92 Å². The molecule has 0 aliphatic rings. The predicted octanol–water partition coefficient (Wildman–Crippen LogP) is 2.00. The van der Waals surface area contributed by atoms with E-state index in [1.165, 1.54) is 11.3 Å². The lowest BCUT2D eigenvalue weighted by Crippen LogP contribution is -2.49. The molecule has 0 aliphatic carbocycles. The third-order valence-electron chi connectivity index (χ3n) is 2.68. The van der Waals surface area contributed by atoms with Crippen molar-refractivity contribution >= 4 is 23.3 Å². The van der Waals surface area contributed by atoms with E-state index in [0.717, 1.165) is 5.01 Å². The largest absolute Gasteiger partial charge is 0.480 e. The second-order valence-corrected chi connectivity index (χ2v) is 5.44. The van der Waals surface area contributed by atoms with Gasteiger partial charge in [-0.1, -0.05) is 20.8 Å². The number of nitrogens with one attached hydrogen (secondary N) is 2. The Kier molecular flexibility index (Phi) is 5.75. The monoisotopic (exact) mass is 285 g/mol. The summed E-state index contributed by atoms with van der Waals surface area (Å²) in [5, 5.41) is 16.9. The van der Waals surface area contributed by atoms with Gasteiger partial charge in [-0.2, -0.15) is 0 Å². The third-order valence-corrected chi connectivity index (χ3v) is 3.57. The highest BCUT2D eigenvalue weighted by Crippen LogP contribution is 2.18. The standard InChI is InChI=1S/C12H19N3O3S/c1-4-8(10-13-5-6-19-10)14-12(18)15-9(7(2)3)11(16)17/h5-9H,4H2,1-3H3,(H,16,17)(H2,14,15,18). The normalized spacial score (nSPS) is 13.9. The first-order valence-electron chi connectivity index (χ1n) is 6.14. The summed E-state index contributed by atoms with van der Waals surface area (Å²) < 4.78 is 0. The summed E-state index contributed by atoms with van der Waals surface area (Å²) in [5.74, 6) is -1.21. The Balaban J connectivity index is 2.61. The van der Waals surface area contributed by atoms with Gasteiger partial charge in [-0.3, -0.25) is 0 Å². The van der Waals surface area contributed by atoms with E-state index < -0.39 is 18.0 Å². The Labute approximate surface area is 116 Å². The van der Waals surface area contributed by atoms with E-state index in [0.29, 0.717) is 6.42 Å². The van der Waals surface area contributed by atoms with E-state index in [1.807, 2.05) is 12.3 Å². The third kappa shape index (κ3) is 4.51. The maximum atomic E-state index is 11.8. The number of carboxylic acids is 1. The molecule has 0 spiro atoms. The van der Waals surface area contributed by atoms with Crippen LogP contribution in [0.5, 0.6) is 0 Å². The van der Waals surface area contributed by atoms with Crippen molar-refractivity contribution in [1.29, 1.82) is 0 Å². The van der Waals surface area contributed by atoms with E-state index >= 15 is 0 Å². The van der Waals surface area contributed by atoms with Crippen molar-refractivity contribution < 1.29 is 14.7 Å². The minimum atomic E-state index is -1.03. The summed E-state index contributed by atoms with van der Waals surface area (Å²) in [7, 11) is 0. The lowest BCUT2D eigenvalue weighted by Gasteiger charge is -2.20. The number of carbonyl (C=O) groups excluding carboxylic acids is 1. The minimum absolute atomic E-state index is 0.178. The fourth-order valence-electron chi connectivity index (χ4n) is 1.60. The molecule has 7 heteroatoms. The maximum absolute atomic E-state index is 11.8. The molecular weight excluding hydrogens is 266 g/mol. The van der Waals surface area contributed by atoms with E-state index in [4.69, 9.17) is 5.11 Å². The molecule has 2 amide bonds. The van der Waals surface area contributed by atoms with Gasteiger partial charge in [-0.05, 0) is 12.3 Å². The van der Waals surface area contributed by atoms with Crippen molar-refractivity contribution in [3.8, 4) is 0 Å². The summed E-state index contributed by atoms with van der Waals surface area (Å²) >= 11 is 1.46. The highest BCUT2D eigenvalue weighted by atomic mass is 32.1. The van der Waals surface area contributed by atoms with Crippen LogP contribution in [0.2, 0.25) is 0 Å². The number of nitrogens with zero attached hydrogens (tertiary/aromatic N) is 1. The average molecular weight is 285 g/mol. The van der Waals surface area contributed by atoms with Crippen LogP contribution in [0.25, 0.3) is 0 Å². The van der Waals surface area contributed by atoms with E-state index in [1.54, 1.807) is 20.0 Å². The zero-order valence-corrected chi connectivity index (χ0v) is 12.0. The molecule has 1 heterocycles. The van der Waals surface area contributed by atoms with Crippen LogP contribution in [0.3, 0.4) is 0 Å². The molecule has 19 heavy (non-hydrogen) atoms. The quantitative estimate of drug-likeness (QED) is 0.745. The van der Waals surface area contributed by atoms with Crippen LogP contribution in [0, 0.1) is 5.92 Å². The molecule has 0 bridgehead atoms. The van der Waals surface area contributed by atoms with Gasteiger partial charge in [0, 0.05) is 11.6 Å². The SMILES string of the molecule is CCC(NC(=O)NC(C(=O)O)C(C)C)c1nccs1. The molecule has 0 radical (unpaired) electrons. The first kappa shape index (κ1) is 15.4. The Morgan fingerprint density at radius 1 is 1.42 bits per heavy atom. The molecule has 2 unspecified atom stereocenters. The summed E-state index contributed by atoms with van der Waals surface area (Å²) in [6, 6.07) is -1.57. The molecule has 1 aromatic rings. The molecular formula is C12H19N3O3S. The molecule has 0 saturated carbocycles. The molecule has 1 rings (SSSR count). The highest BCUT2D eigenvalue weighted by Gasteiger charge is 2.24. The topological polar surface area (TPSA) is 91.3 Å². The highest BCUT2D eigenvalue weighted by molar-refractivity contribution is 7.09. The van der Waals surface area contributed by atoms with Crippen LogP contribution < -0.4 is 10.6 Å². The Bertz CT molecular complexity index is 420. The summed E-state index contributed by atoms with van der Waals surface area (Å²) in [6.45, 7) is 5.43. The maximum Gasteiger partial charge on any atom is 0.326 e. The van der Waals surface area contributed by atoms with Gasteiger partial charge >= 0.3 is 12.0 Å². The Morgan fingerprint density at radius 2 is 2.11 bits per heavy atom. The average Bonchev–Trinajstić information content (AvgIpc) is 2.85. The molecule has 2 atom stereocenters. The lowest BCUT2D eigenvalue weighted by molar-refractivity contribution is -0.140. The lowest BCUT2D eigenvalue weighted by atomic mass is 10.1. The number of amides is 2. The van der Waals surface area contributed by atoms with Gasteiger partial charge in [0.2, 0.25) is 0 Å². The summed E-state index contributed by atoms with van der Waals surface area (Å²) in [5.41, 5.74) is 0. The number of aliphatic carboxylic acids is 1. The van der Waals surface area contributed by atoms with Crippen molar-refractivity contribution in [1.82, 2.24) is 15.6 Å². The Morgan fingerprint density at radius 3 is 2.53 bits per heavy atom. The van der Waals surface area contributed by atoms with Crippen molar-refractivity contribution in [2.45, 2.75) is 39.3 Å². The molecule has 0 fully saturated rings. The van der Waals surface area contributed by atoms with Crippen molar-refractivity contribution in [3.63, 3.8) is 0 Å². The predicted molar refractivity (Wildman–Crippen MR) is 73.1 cm³/mol. The van der Waals surface area contributed by atoms with Crippen LogP contribution in [-0.2, 0) is 4.79 Å². The van der Waals surface area contributed by atoms with Gasteiger partial charge in [0.15, 0.2) is 0 Å². The minimum Gasteiger partial charge on any atom is -0.480 e. The van der Waals surface area contributed by atoms with Gasteiger partial charge in [0.1, 0.15) is 11.0 Å². The molecule has 0 aliphatic heterocycles. The number of hydrogen-bond donors (Lipinski definition) is 3. The first-order valence-corrected chi connectivity index (χ1v) is 7.02. The smallest absolute Gasteiger partial charge is 0.326 e. The molecule has 0 saturated heterocycles. The summed E-state index contributed by atoms with van der Waals surface area (Å²) in [4.78, 5) is 27.0. The molecule has 1 aromatic heterocycles. The molecule has 6 nitrogen and oxygen atoms in total. The molecule has 3 N–H and O–H groups in total. The number of urea groups is 1. The number of carboxylic acid groups (broad SMARTS) is 1. The van der Waals surface area contributed by atoms with Crippen LogP contribution in [0.4, 0.5) is 4.79 Å². The van der Waals surface area contributed by atoms with E-state index in [2.05, 4.69) is 15.6 Å². The van der Waals surface area contributed by atoms with Crippen LogP contribution in [0.1, 0.15) is 38.2 Å². The van der Waals surface area contributed by atoms with Gasteiger partial charge in [0.25, 0.3) is 0 Å². The van der Waals surface area contributed by atoms with Gasteiger partial charge < -0.3 is 15.7 Å². The summed E-state index contributed by atoms with van der Waals surface area (Å²) in [6.07, 6.45) is 2.37. The number of hydrogen-bond acceptors (Lipinski definition) is 4. The molecule has 106 valence electrons. The number of rotatable bonds is 6. The molecule has 0 aromatic carbocycles. The van der Waals surface area contributed by atoms with Gasteiger partial charge in [-0.25, -0.2) is 14.6 Å².